The van der Waals surface area contributed by atoms with E-state index in [1.807, 2.05) is 47.9 Å². The molecule has 154 valence electrons. The fraction of sp³-hybridized carbons (Fsp3) is 0.304. The Balaban J connectivity index is 1.44. The summed E-state index contributed by atoms with van der Waals surface area (Å²) in [6.45, 7) is 4.16. The van der Waals surface area contributed by atoms with Gasteiger partial charge in [-0.15, -0.1) is 17.9 Å². The number of amides is 3. The van der Waals surface area contributed by atoms with Crippen molar-refractivity contribution in [1.29, 1.82) is 0 Å². The molecule has 0 spiro atoms. The van der Waals surface area contributed by atoms with Crippen LogP contribution < -0.4 is 4.90 Å². The van der Waals surface area contributed by atoms with E-state index in [0.717, 1.165) is 11.3 Å². The van der Waals surface area contributed by atoms with Crippen LogP contribution in [0.2, 0.25) is 0 Å². The first kappa shape index (κ1) is 20.2. The molecule has 6 nitrogen and oxygen atoms in total. The van der Waals surface area contributed by atoms with E-state index in [2.05, 4.69) is 11.6 Å². The van der Waals surface area contributed by atoms with Gasteiger partial charge >= 0.3 is 0 Å². The van der Waals surface area contributed by atoms with Gasteiger partial charge in [0.2, 0.25) is 17.7 Å². The quantitative estimate of drug-likeness (QED) is 0.505. The summed E-state index contributed by atoms with van der Waals surface area (Å²) in [4.78, 5) is 45.6. The number of fused-ring (bicyclic) bond motifs is 1. The number of imide groups is 1. The Morgan fingerprint density at radius 1 is 1.17 bits per heavy atom. The standard InChI is InChI=1S/C23H23N3O3S/c1-2-13-25(23-24-19(15-30-23)16-8-4-3-5-9-16)20(27)12-14-26-21(28)17-10-6-7-11-18(17)22(26)29/h2-9,15,17-18H,1,10-14H2. The molecule has 7 heteroatoms. The van der Waals surface area contributed by atoms with Gasteiger partial charge in [0.25, 0.3) is 0 Å². The first-order chi connectivity index (χ1) is 14.6. The van der Waals surface area contributed by atoms with Crippen molar-refractivity contribution in [2.24, 2.45) is 11.8 Å². The van der Waals surface area contributed by atoms with E-state index in [4.69, 9.17) is 0 Å². The lowest BCUT2D eigenvalue weighted by Crippen LogP contribution is -2.37. The molecule has 30 heavy (non-hydrogen) atoms. The number of allylic oxidation sites excluding steroid dienone is 2. The number of nitrogens with zero attached hydrogens (tertiary/aromatic N) is 3. The molecule has 1 aliphatic heterocycles. The van der Waals surface area contributed by atoms with E-state index in [1.54, 1.807) is 11.0 Å². The normalized spacial score (nSPS) is 20.3. The van der Waals surface area contributed by atoms with Crippen molar-refractivity contribution >= 4 is 34.2 Å². The molecule has 1 aromatic carbocycles. The summed E-state index contributed by atoms with van der Waals surface area (Å²) in [5.74, 6) is -1.03. The van der Waals surface area contributed by atoms with Gasteiger partial charge in [0.05, 0.1) is 17.5 Å². The maximum Gasteiger partial charge on any atom is 0.233 e. The first-order valence-electron chi connectivity index (χ1n) is 10.0. The van der Waals surface area contributed by atoms with Gasteiger partial charge in [-0.1, -0.05) is 48.6 Å². The Kier molecular flexibility index (Phi) is 5.90. The minimum atomic E-state index is -0.269. The lowest BCUT2D eigenvalue weighted by atomic mass is 9.85. The smallest absolute Gasteiger partial charge is 0.233 e. The third-order valence-electron chi connectivity index (χ3n) is 5.55. The van der Waals surface area contributed by atoms with Gasteiger partial charge < -0.3 is 0 Å². The molecule has 1 aromatic heterocycles. The molecule has 0 radical (unpaired) electrons. The summed E-state index contributed by atoms with van der Waals surface area (Å²) in [7, 11) is 0. The number of likely N-dealkylation sites (tertiary alicyclic amines) is 1. The number of aromatic nitrogens is 1. The highest BCUT2D eigenvalue weighted by Crippen LogP contribution is 2.35. The number of thiazole rings is 1. The van der Waals surface area contributed by atoms with Crippen LogP contribution in [0.5, 0.6) is 0 Å². The monoisotopic (exact) mass is 421 g/mol. The predicted molar refractivity (Wildman–Crippen MR) is 117 cm³/mol. The van der Waals surface area contributed by atoms with Gasteiger partial charge in [-0.05, 0) is 12.8 Å². The number of carbonyl (C=O) groups is 3. The topological polar surface area (TPSA) is 70.6 Å². The molecule has 3 amide bonds. The molecule has 0 saturated carbocycles. The molecule has 0 N–H and O–H groups in total. The lowest BCUT2D eigenvalue weighted by molar-refractivity contribution is -0.140. The Hall–Kier alpha value is -3.06. The summed E-state index contributed by atoms with van der Waals surface area (Å²) < 4.78 is 0. The number of hydrogen-bond acceptors (Lipinski definition) is 5. The van der Waals surface area contributed by atoms with Gasteiger partial charge in [-0.2, -0.15) is 0 Å². The zero-order valence-electron chi connectivity index (χ0n) is 16.6. The van der Waals surface area contributed by atoms with Crippen LogP contribution in [0.3, 0.4) is 0 Å². The largest absolute Gasteiger partial charge is 0.284 e. The van der Waals surface area contributed by atoms with Gasteiger partial charge in [-0.25, -0.2) is 4.98 Å². The molecule has 2 aromatic rings. The van der Waals surface area contributed by atoms with Crippen molar-refractivity contribution in [2.75, 3.05) is 18.0 Å². The van der Waals surface area contributed by atoms with Crippen molar-refractivity contribution in [3.63, 3.8) is 0 Å². The van der Waals surface area contributed by atoms with E-state index in [9.17, 15) is 14.4 Å². The second kappa shape index (κ2) is 8.75. The van der Waals surface area contributed by atoms with Crippen LogP contribution in [-0.4, -0.2) is 40.7 Å². The molecular weight excluding hydrogens is 398 g/mol. The van der Waals surface area contributed by atoms with Crippen molar-refractivity contribution in [1.82, 2.24) is 9.88 Å². The fourth-order valence-electron chi connectivity index (χ4n) is 3.98. The minimum Gasteiger partial charge on any atom is -0.284 e. The number of carbonyl (C=O) groups excluding carboxylic acids is 3. The van der Waals surface area contributed by atoms with Crippen LogP contribution in [0, 0.1) is 11.8 Å². The van der Waals surface area contributed by atoms with Crippen LogP contribution in [-0.2, 0) is 14.4 Å². The third kappa shape index (κ3) is 3.85. The summed E-state index contributed by atoms with van der Waals surface area (Å²) in [6, 6.07) is 9.77. The molecular formula is C23H23N3O3S. The average Bonchev–Trinajstić information content (AvgIpc) is 3.35. The lowest BCUT2D eigenvalue weighted by Gasteiger charge is -2.20. The Morgan fingerprint density at radius 3 is 2.47 bits per heavy atom. The van der Waals surface area contributed by atoms with Gasteiger partial charge in [0, 0.05) is 30.5 Å². The number of hydrogen-bond donors (Lipinski definition) is 0. The van der Waals surface area contributed by atoms with Crippen molar-refractivity contribution in [3.05, 3.63) is 60.5 Å². The van der Waals surface area contributed by atoms with E-state index in [1.165, 1.54) is 16.2 Å². The second-order valence-corrected chi connectivity index (χ2v) is 8.24. The number of rotatable bonds is 7. The van der Waals surface area contributed by atoms with Crippen molar-refractivity contribution in [2.45, 2.75) is 19.3 Å². The predicted octanol–water partition coefficient (Wildman–Crippen LogP) is 3.67. The number of anilines is 1. The highest BCUT2D eigenvalue weighted by Gasteiger charge is 2.47. The highest BCUT2D eigenvalue weighted by atomic mass is 32.1. The van der Waals surface area contributed by atoms with Crippen LogP contribution in [0.4, 0.5) is 5.13 Å². The summed E-state index contributed by atoms with van der Waals surface area (Å²) in [5.41, 5.74) is 1.79. The van der Waals surface area contributed by atoms with Crippen LogP contribution in [0.1, 0.15) is 19.3 Å². The van der Waals surface area contributed by atoms with Crippen LogP contribution in [0.25, 0.3) is 11.3 Å². The zero-order chi connectivity index (χ0) is 21.1. The van der Waals surface area contributed by atoms with Gasteiger partial charge in [0.15, 0.2) is 5.13 Å². The average molecular weight is 422 g/mol. The molecule has 2 unspecified atom stereocenters. The molecule has 1 aliphatic carbocycles. The highest BCUT2D eigenvalue weighted by molar-refractivity contribution is 7.14. The summed E-state index contributed by atoms with van der Waals surface area (Å²) >= 11 is 1.39. The molecule has 4 rings (SSSR count). The first-order valence-corrected chi connectivity index (χ1v) is 10.9. The molecule has 1 fully saturated rings. The van der Waals surface area contributed by atoms with Crippen molar-refractivity contribution in [3.8, 4) is 11.3 Å². The van der Waals surface area contributed by atoms with Gasteiger partial charge in [0.1, 0.15) is 0 Å². The fourth-order valence-corrected chi connectivity index (χ4v) is 4.84. The zero-order valence-corrected chi connectivity index (χ0v) is 17.4. The third-order valence-corrected chi connectivity index (χ3v) is 6.42. The van der Waals surface area contributed by atoms with E-state index >= 15 is 0 Å². The molecule has 1 saturated heterocycles. The van der Waals surface area contributed by atoms with E-state index < -0.39 is 0 Å². The van der Waals surface area contributed by atoms with E-state index in [-0.39, 0.29) is 42.5 Å². The Bertz CT molecular complexity index is 972. The van der Waals surface area contributed by atoms with Crippen LogP contribution in [0.15, 0.2) is 60.5 Å². The molecule has 0 bridgehead atoms. The molecule has 2 atom stereocenters. The number of benzene rings is 1. The minimum absolute atomic E-state index is 0.0679. The SMILES string of the molecule is C=CCN(C(=O)CCN1C(=O)C2CC=CCC2C1=O)c1nc(-c2ccccc2)cs1. The second-order valence-electron chi connectivity index (χ2n) is 7.41. The van der Waals surface area contributed by atoms with E-state index in [0.29, 0.717) is 24.5 Å². The maximum atomic E-state index is 12.9. The summed E-state index contributed by atoms with van der Waals surface area (Å²) in [5, 5.41) is 2.50. The summed E-state index contributed by atoms with van der Waals surface area (Å²) in [6.07, 6.45) is 6.83. The Labute approximate surface area is 179 Å². The molecule has 2 aliphatic rings. The Morgan fingerprint density at radius 2 is 1.83 bits per heavy atom. The van der Waals surface area contributed by atoms with Crippen LogP contribution >= 0.6 is 11.3 Å². The maximum absolute atomic E-state index is 12.9. The molecule has 2 heterocycles. The van der Waals surface area contributed by atoms with Gasteiger partial charge in [-0.3, -0.25) is 24.2 Å². The van der Waals surface area contributed by atoms with Crippen molar-refractivity contribution < 1.29 is 14.4 Å².